The summed E-state index contributed by atoms with van der Waals surface area (Å²) in [5, 5.41) is 39.9. The molecule has 5 atom stereocenters. The van der Waals surface area contributed by atoms with Gasteiger partial charge in [0, 0.05) is 5.56 Å². The summed E-state index contributed by atoms with van der Waals surface area (Å²) in [7, 11) is 0. The van der Waals surface area contributed by atoms with Gasteiger partial charge in [0.2, 0.25) is 0 Å². The SMILES string of the molecule is OC[C@H]1O[C@@H](c2cc(Cc3ccc(OC4CCCC4)cc3)cc(C(F)F)c2)[C@H](O)[C@@H](O)[C@@H]1O. The Bertz CT molecular complexity index is 914. The number of alkyl halides is 2. The van der Waals surface area contributed by atoms with E-state index in [1.165, 1.54) is 25.0 Å². The predicted octanol–water partition coefficient (Wildman–Crippen LogP) is 3.05. The maximum absolute atomic E-state index is 13.6. The largest absolute Gasteiger partial charge is 0.490 e. The first-order valence-corrected chi connectivity index (χ1v) is 11.3. The molecule has 2 fully saturated rings. The van der Waals surface area contributed by atoms with Crippen LogP contribution in [0.15, 0.2) is 42.5 Å². The van der Waals surface area contributed by atoms with Crippen LogP contribution in [0.5, 0.6) is 5.75 Å². The zero-order valence-electron chi connectivity index (χ0n) is 18.2. The minimum atomic E-state index is -2.74. The van der Waals surface area contributed by atoms with Crippen molar-refractivity contribution in [3.05, 3.63) is 64.7 Å². The second-order valence-corrected chi connectivity index (χ2v) is 8.90. The van der Waals surface area contributed by atoms with E-state index < -0.39 is 43.6 Å². The fourth-order valence-electron chi connectivity index (χ4n) is 4.64. The molecule has 180 valence electrons. The lowest BCUT2D eigenvalue weighted by atomic mass is 9.89. The normalized spacial score (nSPS) is 28.4. The topological polar surface area (TPSA) is 99.4 Å². The molecule has 1 heterocycles. The third kappa shape index (κ3) is 5.53. The highest BCUT2D eigenvalue weighted by atomic mass is 19.3. The molecule has 2 aromatic carbocycles. The zero-order valence-corrected chi connectivity index (χ0v) is 18.2. The Morgan fingerprint density at radius 3 is 2.24 bits per heavy atom. The number of halogens is 2. The van der Waals surface area contributed by atoms with Crippen LogP contribution in [0.2, 0.25) is 0 Å². The molecule has 1 saturated carbocycles. The van der Waals surface area contributed by atoms with E-state index in [1.807, 2.05) is 24.3 Å². The summed E-state index contributed by atoms with van der Waals surface area (Å²) in [4.78, 5) is 0. The Hall–Kier alpha value is -2.10. The van der Waals surface area contributed by atoms with Crippen LogP contribution in [0.4, 0.5) is 8.78 Å². The lowest BCUT2D eigenvalue weighted by Crippen LogP contribution is -2.55. The van der Waals surface area contributed by atoms with Gasteiger partial charge in [-0.15, -0.1) is 0 Å². The summed E-state index contributed by atoms with van der Waals surface area (Å²) in [6, 6.07) is 11.8. The van der Waals surface area contributed by atoms with Gasteiger partial charge in [0.15, 0.2) is 0 Å². The fourth-order valence-corrected chi connectivity index (χ4v) is 4.64. The van der Waals surface area contributed by atoms with Crippen molar-refractivity contribution in [2.45, 2.75) is 75.2 Å². The number of hydrogen-bond donors (Lipinski definition) is 4. The predicted molar refractivity (Wildman–Crippen MR) is 116 cm³/mol. The van der Waals surface area contributed by atoms with E-state index in [-0.39, 0.29) is 17.2 Å². The van der Waals surface area contributed by atoms with Crippen LogP contribution in [0.1, 0.15) is 60.5 Å². The van der Waals surface area contributed by atoms with E-state index >= 15 is 0 Å². The van der Waals surface area contributed by atoms with E-state index in [0.717, 1.165) is 24.2 Å². The van der Waals surface area contributed by atoms with Crippen LogP contribution < -0.4 is 4.74 Å². The van der Waals surface area contributed by atoms with Crippen LogP contribution in [0.25, 0.3) is 0 Å². The van der Waals surface area contributed by atoms with Crippen molar-refractivity contribution in [2.75, 3.05) is 6.61 Å². The summed E-state index contributed by atoms with van der Waals surface area (Å²) in [5.74, 6) is 0.786. The maximum atomic E-state index is 13.6. The third-order valence-corrected chi connectivity index (χ3v) is 6.45. The second kappa shape index (κ2) is 10.4. The molecular formula is C25H30F2O6. The van der Waals surface area contributed by atoms with Gasteiger partial charge in [0.1, 0.15) is 36.3 Å². The summed E-state index contributed by atoms with van der Waals surface area (Å²) in [5.41, 5.74) is 1.51. The molecule has 0 aromatic heterocycles. The summed E-state index contributed by atoms with van der Waals surface area (Å²) >= 11 is 0. The van der Waals surface area contributed by atoms with Crippen molar-refractivity contribution in [1.82, 2.24) is 0 Å². The Morgan fingerprint density at radius 2 is 1.61 bits per heavy atom. The molecule has 0 unspecified atom stereocenters. The summed E-state index contributed by atoms with van der Waals surface area (Å²) in [6.07, 6.45) is -4.54. The van der Waals surface area contributed by atoms with Gasteiger partial charge in [-0.1, -0.05) is 18.2 Å². The van der Waals surface area contributed by atoms with Gasteiger partial charge in [0.05, 0.1) is 12.7 Å². The smallest absolute Gasteiger partial charge is 0.263 e. The van der Waals surface area contributed by atoms with Gasteiger partial charge in [-0.3, -0.25) is 0 Å². The number of aliphatic hydroxyl groups excluding tert-OH is 4. The molecule has 33 heavy (non-hydrogen) atoms. The molecule has 2 aliphatic rings. The first-order chi connectivity index (χ1) is 15.9. The van der Waals surface area contributed by atoms with E-state index in [1.54, 1.807) is 6.07 Å². The third-order valence-electron chi connectivity index (χ3n) is 6.45. The lowest BCUT2D eigenvalue weighted by Gasteiger charge is -2.40. The Kier molecular flexibility index (Phi) is 7.61. The fraction of sp³-hybridized carbons (Fsp3) is 0.520. The van der Waals surface area contributed by atoms with E-state index in [0.29, 0.717) is 12.0 Å². The Labute approximate surface area is 191 Å². The molecule has 1 saturated heterocycles. The molecule has 0 amide bonds. The molecule has 0 radical (unpaired) electrons. The van der Waals surface area contributed by atoms with Gasteiger partial charge < -0.3 is 29.9 Å². The highest BCUT2D eigenvalue weighted by Crippen LogP contribution is 2.35. The highest BCUT2D eigenvalue weighted by Gasteiger charge is 2.44. The molecule has 2 aromatic rings. The van der Waals surface area contributed by atoms with Crippen molar-refractivity contribution >= 4 is 0 Å². The molecule has 1 aliphatic heterocycles. The number of hydrogen-bond acceptors (Lipinski definition) is 6. The van der Waals surface area contributed by atoms with Gasteiger partial charge in [-0.2, -0.15) is 0 Å². The van der Waals surface area contributed by atoms with Crippen LogP contribution in [-0.2, 0) is 11.2 Å². The van der Waals surface area contributed by atoms with Crippen molar-refractivity contribution < 1.29 is 38.7 Å². The quantitative estimate of drug-likeness (QED) is 0.503. The molecule has 8 heteroatoms. The van der Waals surface area contributed by atoms with Crippen molar-refractivity contribution in [3.8, 4) is 5.75 Å². The van der Waals surface area contributed by atoms with E-state index in [9.17, 15) is 29.2 Å². The minimum absolute atomic E-state index is 0.236. The standard InChI is InChI=1S/C25H30F2O6/c26-25(27)17-11-15(9-14-5-7-19(8-6-14)32-18-3-1-2-4-18)10-16(12-17)24-23(31)22(30)21(29)20(13-28)33-24/h5-8,10-12,18,20-25,28-31H,1-4,9,13H2/t20-,21-,22+,23-,24+/m1/s1. The second-order valence-electron chi connectivity index (χ2n) is 8.90. The number of aliphatic hydroxyl groups is 4. The monoisotopic (exact) mass is 464 g/mol. The summed E-state index contributed by atoms with van der Waals surface area (Å²) < 4.78 is 38.8. The van der Waals surface area contributed by atoms with Gasteiger partial charge in [-0.05, 0) is 73.1 Å². The van der Waals surface area contributed by atoms with Gasteiger partial charge >= 0.3 is 0 Å². The average Bonchev–Trinajstić information content (AvgIpc) is 3.32. The highest BCUT2D eigenvalue weighted by molar-refractivity contribution is 5.37. The number of ether oxygens (including phenoxy) is 2. The molecule has 4 N–H and O–H groups in total. The maximum Gasteiger partial charge on any atom is 0.263 e. The molecule has 4 rings (SSSR count). The van der Waals surface area contributed by atoms with E-state index in [2.05, 4.69) is 0 Å². The number of rotatable bonds is 7. The summed E-state index contributed by atoms with van der Waals surface area (Å²) in [6.45, 7) is -0.585. The van der Waals surface area contributed by atoms with Crippen LogP contribution in [0.3, 0.4) is 0 Å². The zero-order chi connectivity index (χ0) is 23.5. The Morgan fingerprint density at radius 1 is 0.909 bits per heavy atom. The Balaban J connectivity index is 1.55. The van der Waals surface area contributed by atoms with Crippen molar-refractivity contribution in [2.24, 2.45) is 0 Å². The van der Waals surface area contributed by atoms with Crippen LogP contribution in [-0.4, -0.2) is 57.6 Å². The molecule has 0 bridgehead atoms. The minimum Gasteiger partial charge on any atom is -0.490 e. The molecule has 6 nitrogen and oxygen atoms in total. The lowest BCUT2D eigenvalue weighted by molar-refractivity contribution is -0.231. The molecule has 0 spiro atoms. The van der Waals surface area contributed by atoms with Gasteiger partial charge in [0.25, 0.3) is 6.43 Å². The first-order valence-electron chi connectivity index (χ1n) is 11.3. The van der Waals surface area contributed by atoms with Crippen molar-refractivity contribution in [1.29, 1.82) is 0 Å². The van der Waals surface area contributed by atoms with Crippen LogP contribution in [0, 0.1) is 0 Å². The van der Waals surface area contributed by atoms with Crippen molar-refractivity contribution in [3.63, 3.8) is 0 Å². The average molecular weight is 465 g/mol. The van der Waals surface area contributed by atoms with Crippen LogP contribution >= 0.6 is 0 Å². The molecular weight excluding hydrogens is 434 g/mol. The van der Waals surface area contributed by atoms with E-state index in [4.69, 9.17) is 9.47 Å². The first kappa shape index (κ1) is 24.0. The van der Waals surface area contributed by atoms with Gasteiger partial charge in [-0.25, -0.2) is 8.78 Å². The molecule has 1 aliphatic carbocycles. The number of benzene rings is 2.